The molecule has 0 aliphatic rings. The van der Waals surface area contributed by atoms with Crippen LogP contribution in [0.5, 0.6) is 5.75 Å². The van der Waals surface area contributed by atoms with Crippen LogP contribution in [0, 0.1) is 0 Å². The minimum absolute atomic E-state index is 0.339. The topological polar surface area (TPSA) is 30.5 Å². The number of nitrogens with one attached hydrogen (secondary N) is 1. The van der Waals surface area contributed by atoms with Crippen LogP contribution in [0.2, 0.25) is 0 Å². The SMILES string of the molecule is CCOc1ccc([C@@H](C)NCCOC)cc1. The lowest BCUT2D eigenvalue weighted by Gasteiger charge is -2.14. The summed E-state index contributed by atoms with van der Waals surface area (Å²) in [5.74, 6) is 0.926. The van der Waals surface area contributed by atoms with E-state index in [1.54, 1.807) is 7.11 Å². The summed E-state index contributed by atoms with van der Waals surface area (Å²) in [6.07, 6.45) is 0. The third kappa shape index (κ3) is 4.21. The molecule has 0 fully saturated rings. The fraction of sp³-hybridized carbons (Fsp3) is 0.538. The van der Waals surface area contributed by atoms with Gasteiger partial charge in [0, 0.05) is 19.7 Å². The Kier molecular flexibility index (Phi) is 5.90. The van der Waals surface area contributed by atoms with Gasteiger partial charge >= 0.3 is 0 Å². The molecule has 0 amide bonds. The third-order valence-corrected chi connectivity index (χ3v) is 2.45. The minimum atomic E-state index is 0.339. The van der Waals surface area contributed by atoms with Gasteiger partial charge in [0.2, 0.25) is 0 Å². The van der Waals surface area contributed by atoms with E-state index in [-0.39, 0.29) is 0 Å². The normalized spacial score (nSPS) is 12.4. The van der Waals surface area contributed by atoms with Gasteiger partial charge in [0.15, 0.2) is 0 Å². The zero-order chi connectivity index (χ0) is 11.8. The molecule has 1 N–H and O–H groups in total. The van der Waals surface area contributed by atoms with Gasteiger partial charge < -0.3 is 14.8 Å². The molecule has 3 nitrogen and oxygen atoms in total. The second-order valence-corrected chi connectivity index (χ2v) is 3.67. The van der Waals surface area contributed by atoms with Crippen LogP contribution in [-0.4, -0.2) is 26.9 Å². The van der Waals surface area contributed by atoms with Crippen LogP contribution >= 0.6 is 0 Å². The highest BCUT2D eigenvalue weighted by molar-refractivity contribution is 5.28. The van der Waals surface area contributed by atoms with Crippen molar-refractivity contribution in [1.82, 2.24) is 5.32 Å². The van der Waals surface area contributed by atoms with E-state index in [0.29, 0.717) is 12.6 Å². The van der Waals surface area contributed by atoms with E-state index in [4.69, 9.17) is 9.47 Å². The molecule has 3 heteroatoms. The van der Waals surface area contributed by atoms with Gasteiger partial charge in [-0.15, -0.1) is 0 Å². The summed E-state index contributed by atoms with van der Waals surface area (Å²) in [6.45, 7) is 6.45. The molecule has 0 heterocycles. The van der Waals surface area contributed by atoms with E-state index in [9.17, 15) is 0 Å². The summed E-state index contributed by atoms with van der Waals surface area (Å²) in [5.41, 5.74) is 1.26. The summed E-state index contributed by atoms with van der Waals surface area (Å²) >= 11 is 0. The molecule has 1 rings (SSSR count). The second-order valence-electron chi connectivity index (χ2n) is 3.67. The molecular formula is C13H21NO2. The van der Waals surface area contributed by atoms with Crippen LogP contribution in [0.4, 0.5) is 0 Å². The standard InChI is InChI=1S/C13H21NO2/c1-4-16-13-7-5-12(6-8-13)11(2)14-9-10-15-3/h5-8,11,14H,4,9-10H2,1-3H3/t11-/m1/s1. The van der Waals surface area contributed by atoms with Gasteiger partial charge in [-0.25, -0.2) is 0 Å². The molecule has 16 heavy (non-hydrogen) atoms. The van der Waals surface area contributed by atoms with Crippen molar-refractivity contribution in [3.8, 4) is 5.75 Å². The first-order valence-corrected chi connectivity index (χ1v) is 5.73. The molecule has 0 spiro atoms. The molecule has 0 bridgehead atoms. The molecular weight excluding hydrogens is 202 g/mol. The average Bonchev–Trinajstić information content (AvgIpc) is 2.30. The van der Waals surface area contributed by atoms with Crippen LogP contribution in [0.25, 0.3) is 0 Å². The zero-order valence-electron chi connectivity index (χ0n) is 10.3. The maximum Gasteiger partial charge on any atom is 0.119 e. The predicted molar refractivity (Wildman–Crippen MR) is 65.9 cm³/mol. The van der Waals surface area contributed by atoms with Crippen molar-refractivity contribution < 1.29 is 9.47 Å². The van der Waals surface area contributed by atoms with Crippen LogP contribution in [0.3, 0.4) is 0 Å². The Labute approximate surface area is 97.8 Å². The van der Waals surface area contributed by atoms with Crippen molar-refractivity contribution in [3.05, 3.63) is 29.8 Å². The molecule has 0 unspecified atom stereocenters. The molecule has 1 atom stereocenters. The molecule has 0 aromatic heterocycles. The Morgan fingerprint density at radius 3 is 2.50 bits per heavy atom. The molecule has 0 aliphatic heterocycles. The van der Waals surface area contributed by atoms with E-state index in [0.717, 1.165) is 18.9 Å². The summed E-state index contributed by atoms with van der Waals surface area (Å²) in [6, 6.07) is 8.54. The van der Waals surface area contributed by atoms with Crippen molar-refractivity contribution in [1.29, 1.82) is 0 Å². The predicted octanol–water partition coefficient (Wildman–Crippen LogP) is 2.38. The van der Waals surface area contributed by atoms with Gasteiger partial charge in [-0.05, 0) is 31.5 Å². The van der Waals surface area contributed by atoms with E-state index >= 15 is 0 Å². The highest BCUT2D eigenvalue weighted by Gasteiger charge is 2.03. The molecule has 1 aromatic carbocycles. The number of rotatable bonds is 7. The van der Waals surface area contributed by atoms with Gasteiger partial charge in [0.05, 0.1) is 13.2 Å². The Balaban J connectivity index is 2.46. The van der Waals surface area contributed by atoms with Crippen molar-refractivity contribution in [3.63, 3.8) is 0 Å². The van der Waals surface area contributed by atoms with E-state index < -0.39 is 0 Å². The lowest BCUT2D eigenvalue weighted by atomic mass is 10.1. The Hall–Kier alpha value is -1.06. The Morgan fingerprint density at radius 2 is 1.94 bits per heavy atom. The summed E-state index contributed by atoms with van der Waals surface area (Å²) in [4.78, 5) is 0. The van der Waals surface area contributed by atoms with Gasteiger partial charge in [-0.1, -0.05) is 12.1 Å². The van der Waals surface area contributed by atoms with Gasteiger partial charge in [-0.3, -0.25) is 0 Å². The fourth-order valence-electron chi connectivity index (χ4n) is 1.51. The Morgan fingerprint density at radius 1 is 1.25 bits per heavy atom. The van der Waals surface area contributed by atoms with E-state index in [2.05, 4.69) is 24.4 Å². The molecule has 1 aromatic rings. The number of hydrogen-bond donors (Lipinski definition) is 1. The largest absolute Gasteiger partial charge is 0.494 e. The highest BCUT2D eigenvalue weighted by atomic mass is 16.5. The molecule has 0 saturated carbocycles. The first kappa shape index (κ1) is 13.0. The summed E-state index contributed by atoms with van der Waals surface area (Å²) in [5, 5.41) is 3.39. The fourth-order valence-corrected chi connectivity index (χ4v) is 1.51. The summed E-state index contributed by atoms with van der Waals surface area (Å²) < 4.78 is 10.4. The lowest BCUT2D eigenvalue weighted by Crippen LogP contribution is -2.22. The van der Waals surface area contributed by atoms with E-state index in [1.807, 2.05) is 19.1 Å². The zero-order valence-corrected chi connectivity index (χ0v) is 10.3. The maximum atomic E-state index is 5.40. The van der Waals surface area contributed by atoms with Crippen molar-refractivity contribution in [2.75, 3.05) is 26.9 Å². The number of methoxy groups -OCH3 is 1. The number of hydrogen-bond acceptors (Lipinski definition) is 3. The quantitative estimate of drug-likeness (QED) is 0.720. The maximum absolute atomic E-state index is 5.40. The molecule has 0 radical (unpaired) electrons. The first-order valence-electron chi connectivity index (χ1n) is 5.73. The number of ether oxygens (including phenoxy) is 2. The highest BCUT2D eigenvalue weighted by Crippen LogP contribution is 2.17. The van der Waals surface area contributed by atoms with Gasteiger partial charge in [0.25, 0.3) is 0 Å². The minimum Gasteiger partial charge on any atom is -0.494 e. The third-order valence-electron chi connectivity index (χ3n) is 2.45. The van der Waals surface area contributed by atoms with Crippen molar-refractivity contribution in [2.45, 2.75) is 19.9 Å². The van der Waals surface area contributed by atoms with Gasteiger partial charge in [-0.2, -0.15) is 0 Å². The Bertz CT molecular complexity index is 284. The van der Waals surface area contributed by atoms with Crippen molar-refractivity contribution in [2.24, 2.45) is 0 Å². The monoisotopic (exact) mass is 223 g/mol. The summed E-state index contributed by atoms with van der Waals surface area (Å²) in [7, 11) is 1.71. The molecule has 90 valence electrons. The van der Waals surface area contributed by atoms with Crippen LogP contribution in [0.15, 0.2) is 24.3 Å². The van der Waals surface area contributed by atoms with E-state index in [1.165, 1.54) is 5.56 Å². The molecule has 0 saturated heterocycles. The average molecular weight is 223 g/mol. The van der Waals surface area contributed by atoms with Crippen molar-refractivity contribution >= 4 is 0 Å². The van der Waals surface area contributed by atoms with Crippen LogP contribution in [-0.2, 0) is 4.74 Å². The number of benzene rings is 1. The second kappa shape index (κ2) is 7.25. The lowest BCUT2D eigenvalue weighted by molar-refractivity contribution is 0.196. The first-order chi connectivity index (χ1) is 7.77. The van der Waals surface area contributed by atoms with Gasteiger partial charge in [0.1, 0.15) is 5.75 Å². The molecule has 0 aliphatic carbocycles. The smallest absolute Gasteiger partial charge is 0.119 e. The van der Waals surface area contributed by atoms with Crippen LogP contribution in [0.1, 0.15) is 25.5 Å². The van der Waals surface area contributed by atoms with Crippen LogP contribution < -0.4 is 10.1 Å².